The fourth-order valence-electron chi connectivity index (χ4n) is 2.17. The van der Waals surface area contributed by atoms with Crippen molar-refractivity contribution < 1.29 is 17.7 Å². The summed E-state index contributed by atoms with van der Waals surface area (Å²) in [6.45, 7) is 5.88. The van der Waals surface area contributed by atoms with E-state index in [2.05, 4.69) is 15.0 Å². The molecule has 0 aliphatic heterocycles. The molecule has 136 valence electrons. The molecule has 0 saturated carbocycles. The molecule has 25 heavy (non-hydrogen) atoms. The molecule has 0 fully saturated rings. The summed E-state index contributed by atoms with van der Waals surface area (Å²) in [5.74, 6) is 0.101. The summed E-state index contributed by atoms with van der Waals surface area (Å²) in [6.07, 6.45) is 1.98. The zero-order valence-corrected chi connectivity index (χ0v) is 15.4. The lowest BCUT2D eigenvalue weighted by atomic mass is 10.1. The molecule has 7 nitrogen and oxygen atoms in total. The van der Waals surface area contributed by atoms with Gasteiger partial charge in [-0.2, -0.15) is 4.31 Å². The van der Waals surface area contributed by atoms with Crippen LogP contribution < -0.4 is 5.32 Å². The zero-order chi connectivity index (χ0) is 18.4. The van der Waals surface area contributed by atoms with Gasteiger partial charge in [0, 0.05) is 12.6 Å². The van der Waals surface area contributed by atoms with Crippen LogP contribution in [0.5, 0.6) is 0 Å². The maximum absolute atomic E-state index is 12.9. The van der Waals surface area contributed by atoms with Crippen LogP contribution in [0.3, 0.4) is 0 Å². The summed E-state index contributed by atoms with van der Waals surface area (Å²) in [6, 6.07) is 8.09. The lowest BCUT2D eigenvalue weighted by molar-refractivity contribution is -0.116. The van der Waals surface area contributed by atoms with E-state index < -0.39 is 15.9 Å². The molecule has 8 heteroatoms. The quantitative estimate of drug-likeness (QED) is 0.776. The van der Waals surface area contributed by atoms with Gasteiger partial charge in [0.25, 0.3) is 0 Å². The van der Waals surface area contributed by atoms with E-state index in [1.807, 2.05) is 20.8 Å². The summed E-state index contributed by atoms with van der Waals surface area (Å²) < 4.78 is 31.7. The fraction of sp³-hybridized carbons (Fsp3) is 0.412. The summed E-state index contributed by atoms with van der Waals surface area (Å²) in [4.78, 5) is 12.4. The third kappa shape index (κ3) is 5.40. The van der Waals surface area contributed by atoms with Crippen LogP contribution in [0.15, 0.2) is 46.0 Å². The zero-order valence-electron chi connectivity index (χ0n) is 14.6. The minimum atomic E-state index is -3.76. The number of nitrogens with zero attached hydrogens (tertiary/aromatic N) is 2. The van der Waals surface area contributed by atoms with E-state index in [0.29, 0.717) is 12.3 Å². The molecule has 1 aromatic heterocycles. The molecule has 1 heterocycles. The smallest absolute Gasteiger partial charge is 0.243 e. The van der Waals surface area contributed by atoms with E-state index in [4.69, 9.17) is 0 Å². The first-order valence-corrected chi connectivity index (χ1v) is 9.50. The predicted molar refractivity (Wildman–Crippen MR) is 94.5 cm³/mol. The van der Waals surface area contributed by atoms with Gasteiger partial charge >= 0.3 is 0 Å². The maximum Gasteiger partial charge on any atom is 0.243 e. The Kier molecular flexibility index (Phi) is 6.33. The third-order valence-corrected chi connectivity index (χ3v) is 5.50. The summed E-state index contributed by atoms with van der Waals surface area (Å²) in [5, 5.41) is 6.12. The minimum absolute atomic E-state index is 0.177. The molecule has 2 rings (SSSR count). The average Bonchev–Trinajstić information content (AvgIpc) is 3.04. The molecule has 0 saturated heterocycles. The number of hydrogen-bond donors (Lipinski definition) is 1. The molecule has 1 amide bonds. The van der Waals surface area contributed by atoms with E-state index in [-0.39, 0.29) is 23.8 Å². The van der Waals surface area contributed by atoms with Crippen LogP contribution in [0.2, 0.25) is 0 Å². The highest BCUT2D eigenvalue weighted by atomic mass is 32.2. The minimum Gasteiger partial charge on any atom is -0.363 e. The van der Waals surface area contributed by atoms with Crippen molar-refractivity contribution in [3.8, 4) is 0 Å². The van der Waals surface area contributed by atoms with Crippen molar-refractivity contribution >= 4 is 21.7 Å². The van der Waals surface area contributed by atoms with E-state index >= 15 is 0 Å². The highest BCUT2D eigenvalue weighted by Crippen LogP contribution is 2.18. The Morgan fingerprint density at radius 1 is 1.24 bits per heavy atom. The van der Waals surface area contributed by atoms with Gasteiger partial charge in [-0.15, -0.1) is 0 Å². The molecule has 0 aliphatic rings. The topological polar surface area (TPSA) is 92.5 Å². The van der Waals surface area contributed by atoms with Gasteiger partial charge in [-0.05, 0) is 31.4 Å². The molecule has 0 atom stereocenters. The molecule has 0 aliphatic carbocycles. The summed E-state index contributed by atoms with van der Waals surface area (Å²) >= 11 is 0. The molecule has 2 aromatic rings. The third-order valence-electron chi connectivity index (χ3n) is 3.64. The van der Waals surface area contributed by atoms with E-state index in [9.17, 15) is 13.2 Å². The molecular weight excluding hydrogens is 342 g/mol. The summed E-state index contributed by atoms with van der Waals surface area (Å²) in [7, 11) is -3.76. The Balaban J connectivity index is 2.18. The van der Waals surface area contributed by atoms with Crippen LogP contribution in [-0.2, 0) is 14.8 Å². The molecule has 0 unspecified atom stereocenters. The van der Waals surface area contributed by atoms with Crippen LogP contribution in [0.25, 0.3) is 0 Å². The molecular formula is C17H23N3O4S. The molecule has 1 aromatic carbocycles. The summed E-state index contributed by atoms with van der Waals surface area (Å²) in [5.41, 5.74) is 0.969. The number of nitrogens with one attached hydrogen (secondary N) is 1. The number of benzene rings is 1. The van der Waals surface area contributed by atoms with Gasteiger partial charge in [0.2, 0.25) is 15.9 Å². The number of sulfonamides is 1. The van der Waals surface area contributed by atoms with Crippen molar-refractivity contribution in [1.29, 1.82) is 0 Å². The normalized spacial score (nSPS) is 11.9. The lowest BCUT2D eigenvalue weighted by Gasteiger charge is -2.22. The number of rotatable bonds is 8. The average molecular weight is 365 g/mol. The second-order valence-electron chi connectivity index (χ2n) is 6.27. The Labute approximate surface area is 148 Å². The highest BCUT2D eigenvalue weighted by Gasteiger charge is 2.26. The number of carbonyl (C=O) groups is 1. The van der Waals surface area contributed by atoms with Gasteiger partial charge in [-0.25, -0.2) is 8.42 Å². The number of carbonyl (C=O) groups excluding carboxylic acids is 1. The van der Waals surface area contributed by atoms with Crippen LogP contribution in [-0.4, -0.2) is 36.9 Å². The lowest BCUT2D eigenvalue weighted by Crippen LogP contribution is -2.39. The first kappa shape index (κ1) is 19.1. The standard InChI is InChI=1S/C17H23N3O4S/c1-13(2)8-10-20(12-17(21)18-16-9-11-24-19-16)25(22,23)15-6-4-14(3)5-7-15/h4-7,9,11,13H,8,10,12H2,1-3H3,(H,18,19,21). The SMILES string of the molecule is Cc1ccc(S(=O)(=O)N(CCC(C)C)CC(=O)Nc2ccon2)cc1. The Bertz CT molecular complexity index is 784. The first-order valence-electron chi connectivity index (χ1n) is 8.06. The molecule has 0 spiro atoms. The maximum atomic E-state index is 12.9. The van der Waals surface area contributed by atoms with E-state index in [0.717, 1.165) is 5.56 Å². The largest absolute Gasteiger partial charge is 0.363 e. The van der Waals surface area contributed by atoms with Crippen LogP contribution in [0, 0.1) is 12.8 Å². The number of hydrogen-bond acceptors (Lipinski definition) is 5. The van der Waals surface area contributed by atoms with Crippen molar-refractivity contribution in [2.75, 3.05) is 18.4 Å². The number of aryl methyl sites for hydroxylation is 1. The van der Waals surface area contributed by atoms with E-state index in [1.165, 1.54) is 16.6 Å². The molecule has 0 bridgehead atoms. The monoisotopic (exact) mass is 365 g/mol. The Morgan fingerprint density at radius 2 is 1.92 bits per heavy atom. The van der Waals surface area contributed by atoms with Crippen LogP contribution in [0.4, 0.5) is 5.82 Å². The number of aromatic nitrogens is 1. The fourth-order valence-corrected chi connectivity index (χ4v) is 3.58. The highest BCUT2D eigenvalue weighted by molar-refractivity contribution is 7.89. The van der Waals surface area contributed by atoms with Gasteiger partial charge in [0.05, 0.1) is 11.4 Å². The van der Waals surface area contributed by atoms with Crippen molar-refractivity contribution in [2.24, 2.45) is 5.92 Å². The number of anilines is 1. The van der Waals surface area contributed by atoms with Gasteiger partial charge in [0.15, 0.2) is 5.82 Å². The molecule has 0 radical (unpaired) electrons. The Morgan fingerprint density at radius 3 is 2.48 bits per heavy atom. The Hall–Kier alpha value is -2.19. The second kappa shape index (κ2) is 8.26. The molecule has 1 N–H and O–H groups in total. The first-order chi connectivity index (χ1) is 11.8. The van der Waals surface area contributed by atoms with Gasteiger partial charge in [-0.3, -0.25) is 4.79 Å². The predicted octanol–water partition coefficient (Wildman–Crippen LogP) is 2.66. The van der Waals surface area contributed by atoms with Crippen LogP contribution in [0.1, 0.15) is 25.8 Å². The van der Waals surface area contributed by atoms with Crippen molar-refractivity contribution in [2.45, 2.75) is 32.1 Å². The van der Waals surface area contributed by atoms with Gasteiger partial charge in [0.1, 0.15) is 6.26 Å². The van der Waals surface area contributed by atoms with Crippen molar-refractivity contribution in [3.05, 3.63) is 42.2 Å². The van der Waals surface area contributed by atoms with Crippen molar-refractivity contribution in [3.63, 3.8) is 0 Å². The van der Waals surface area contributed by atoms with E-state index in [1.54, 1.807) is 24.3 Å². The van der Waals surface area contributed by atoms with Gasteiger partial charge in [-0.1, -0.05) is 36.7 Å². The van der Waals surface area contributed by atoms with Crippen molar-refractivity contribution in [1.82, 2.24) is 9.46 Å². The van der Waals surface area contributed by atoms with Gasteiger partial charge < -0.3 is 9.84 Å². The second-order valence-corrected chi connectivity index (χ2v) is 8.20. The van der Waals surface area contributed by atoms with Crippen LogP contribution >= 0.6 is 0 Å². The number of amides is 1.